The molecule has 0 amide bonds. The molecular weight excluding hydrogens is 349 g/mol. The van der Waals surface area contributed by atoms with E-state index in [9.17, 15) is 14.0 Å². The van der Waals surface area contributed by atoms with Gasteiger partial charge in [-0.25, -0.2) is 9.18 Å². The first-order valence-corrected chi connectivity index (χ1v) is 9.61. The molecule has 1 aromatic heterocycles. The smallest absolute Gasteiger partial charge is 0.363 e. The van der Waals surface area contributed by atoms with E-state index in [2.05, 4.69) is 17.0 Å². The molecule has 0 aliphatic carbocycles. The minimum atomic E-state index is -0.704. The Bertz CT molecular complexity index is 928. The number of piperidine rings is 1. The van der Waals surface area contributed by atoms with Crippen LogP contribution in [0.1, 0.15) is 49.5 Å². The number of benzene rings is 1. The number of rotatable bonds is 4. The summed E-state index contributed by atoms with van der Waals surface area (Å²) in [5.74, 6) is -1.22. The molecule has 7 heteroatoms. The van der Waals surface area contributed by atoms with Crippen LogP contribution in [0.2, 0.25) is 0 Å². The molecule has 0 radical (unpaired) electrons. The Morgan fingerprint density at radius 1 is 1.30 bits per heavy atom. The van der Waals surface area contributed by atoms with Crippen molar-refractivity contribution in [3.63, 3.8) is 0 Å². The molecular formula is C20H24FN3O3. The van der Waals surface area contributed by atoms with Crippen LogP contribution in [0, 0.1) is 5.82 Å². The fourth-order valence-electron chi connectivity index (χ4n) is 4.48. The van der Waals surface area contributed by atoms with Crippen LogP contribution in [0.15, 0.2) is 23.0 Å². The number of para-hydroxylation sites is 1. The van der Waals surface area contributed by atoms with Crippen molar-refractivity contribution in [3.8, 4) is 0 Å². The molecule has 0 saturated carbocycles. The maximum Gasteiger partial charge on any atom is 0.363 e. The van der Waals surface area contributed by atoms with Crippen LogP contribution < -0.4 is 5.43 Å². The number of hydrogen-bond acceptors (Lipinski definition) is 5. The Labute approximate surface area is 156 Å². The van der Waals surface area contributed by atoms with Crippen LogP contribution >= 0.6 is 0 Å². The Morgan fingerprint density at radius 2 is 2.00 bits per heavy atom. The zero-order valence-electron chi connectivity index (χ0n) is 15.7. The van der Waals surface area contributed by atoms with Gasteiger partial charge in [-0.05, 0) is 38.4 Å². The lowest BCUT2D eigenvalue weighted by Crippen LogP contribution is -2.43. The summed E-state index contributed by atoms with van der Waals surface area (Å²) in [4.78, 5) is 27.8. The average Bonchev–Trinajstić information content (AvgIpc) is 2.85. The largest absolute Gasteiger partial charge is 0.457 e. The van der Waals surface area contributed by atoms with E-state index in [1.165, 1.54) is 22.9 Å². The molecule has 6 nitrogen and oxygen atoms in total. The quantitative estimate of drug-likeness (QED) is 0.771. The molecule has 3 heterocycles. The van der Waals surface area contributed by atoms with Gasteiger partial charge in [0, 0.05) is 31.5 Å². The van der Waals surface area contributed by atoms with Gasteiger partial charge in [-0.3, -0.25) is 9.48 Å². The summed E-state index contributed by atoms with van der Waals surface area (Å²) in [6.07, 6.45) is 4.30. The van der Waals surface area contributed by atoms with Gasteiger partial charge in [0.15, 0.2) is 0 Å². The number of ether oxygens (including phenoxy) is 1. The standard InChI is InChI=1S/C20H24FN3O3/c1-3-9-24-18-15(5-4-6-16(18)21)19(25)17(22-24)20(26)27-14-10-12-7-8-13(11-14)23(12)2/h4-6,12-14H,3,7-11H2,1-2H3. The number of halogens is 1. The monoisotopic (exact) mass is 373 g/mol. The minimum absolute atomic E-state index is 0.137. The molecule has 2 fully saturated rings. The summed E-state index contributed by atoms with van der Waals surface area (Å²) in [7, 11) is 2.11. The summed E-state index contributed by atoms with van der Waals surface area (Å²) in [6.45, 7) is 2.34. The zero-order chi connectivity index (χ0) is 19.1. The molecule has 144 valence electrons. The molecule has 2 unspecified atom stereocenters. The van der Waals surface area contributed by atoms with Crippen LogP contribution in [-0.4, -0.2) is 45.9 Å². The van der Waals surface area contributed by atoms with Crippen molar-refractivity contribution in [2.45, 2.75) is 63.8 Å². The van der Waals surface area contributed by atoms with Gasteiger partial charge in [0.05, 0.1) is 5.39 Å². The average molecular weight is 373 g/mol. The van der Waals surface area contributed by atoms with Crippen LogP contribution in [0.3, 0.4) is 0 Å². The molecule has 2 aromatic rings. The van der Waals surface area contributed by atoms with Crippen molar-refractivity contribution in [3.05, 3.63) is 39.9 Å². The highest BCUT2D eigenvalue weighted by Crippen LogP contribution is 2.35. The number of aryl methyl sites for hydroxylation is 1. The fraction of sp³-hybridized carbons (Fsp3) is 0.550. The van der Waals surface area contributed by atoms with Gasteiger partial charge in [-0.15, -0.1) is 0 Å². The normalized spacial score (nSPS) is 25.1. The second kappa shape index (κ2) is 7.03. The lowest BCUT2D eigenvalue weighted by molar-refractivity contribution is -0.00130. The minimum Gasteiger partial charge on any atom is -0.457 e. The summed E-state index contributed by atoms with van der Waals surface area (Å²) in [6, 6.07) is 5.15. The predicted molar refractivity (Wildman–Crippen MR) is 99.3 cm³/mol. The number of carbonyl (C=O) groups excluding carboxylic acids is 1. The van der Waals surface area contributed by atoms with Gasteiger partial charge in [0.2, 0.25) is 11.1 Å². The maximum atomic E-state index is 14.3. The molecule has 0 spiro atoms. The Hall–Kier alpha value is -2.28. The van der Waals surface area contributed by atoms with Gasteiger partial charge < -0.3 is 9.64 Å². The topological polar surface area (TPSA) is 64.4 Å². The van der Waals surface area contributed by atoms with E-state index in [0.29, 0.717) is 25.0 Å². The van der Waals surface area contributed by atoms with Crippen LogP contribution in [0.5, 0.6) is 0 Å². The lowest BCUT2D eigenvalue weighted by atomic mass is 10.0. The third kappa shape index (κ3) is 3.14. The SMILES string of the molecule is CCCn1nc(C(=O)OC2CC3CCC(C2)N3C)c(=O)c2cccc(F)c21. The van der Waals surface area contributed by atoms with Gasteiger partial charge >= 0.3 is 5.97 Å². The van der Waals surface area contributed by atoms with Gasteiger partial charge in [-0.1, -0.05) is 13.0 Å². The molecule has 2 aliphatic rings. The summed E-state index contributed by atoms with van der Waals surface area (Å²) >= 11 is 0. The molecule has 2 aliphatic heterocycles. The van der Waals surface area contributed by atoms with E-state index >= 15 is 0 Å². The molecule has 2 saturated heterocycles. The molecule has 27 heavy (non-hydrogen) atoms. The first kappa shape index (κ1) is 18.1. The summed E-state index contributed by atoms with van der Waals surface area (Å²) in [5, 5.41) is 4.33. The van der Waals surface area contributed by atoms with Crippen molar-refractivity contribution >= 4 is 16.9 Å². The van der Waals surface area contributed by atoms with E-state index in [-0.39, 0.29) is 22.7 Å². The fourth-order valence-corrected chi connectivity index (χ4v) is 4.48. The van der Waals surface area contributed by atoms with Crippen LogP contribution in [-0.2, 0) is 11.3 Å². The number of aromatic nitrogens is 2. The number of hydrogen-bond donors (Lipinski definition) is 0. The van der Waals surface area contributed by atoms with E-state index in [1.54, 1.807) is 0 Å². The van der Waals surface area contributed by atoms with Crippen molar-refractivity contribution in [1.29, 1.82) is 0 Å². The number of fused-ring (bicyclic) bond motifs is 3. The molecule has 4 rings (SSSR count). The number of carbonyl (C=O) groups is 1. The van der Waals surface area contributed by atoms with Gasteiger partial charge in [0.25, 0.3) is 0 Å². The van der Waals surface area contributed by atoms with Crippen molar-refractivity contribution in [2.24, 2.45) is 0 Å². The van der Waals surface area contributed by atoms with Crippen LogP contribution in [0.4, 0.5) is 4.39 Å². The Balaban J connectivity index is 1.66. The third-order valence-corrected chi connectivity index (χ3v) is 5.88. The van der Waals surface area contributed by atoms with E-state index in [1.807, 2.05) is 6.92 Å². The van der Waals surface area contributed by atoms with Crippen molar-refractivity contribution in [2.75, 3.05) is 7.05 Å². The second-order valence-electron chi connectivity index (χ2n) is 7.59. The van der Waals surface area contributed by atoms with E-state index < -0.39 is 17.2 Å². The van der Waals surface area contributed by atoms with Crippen molar-refractivity contribution < 1.29 is 13.9 Å². The number of esters is 1. The third-order valence-electron chi connectivity index (χ3n) is 5.88. The Kier molecular flexibility index (Phi) is 4.72. The highest BCUT2D eigenvalue weighted by molar-refractivity contribution is 5.91. The lowest BCUT2D eigenvalue weighted by Gasteiger charge is -2.35. The molecule has 2 bridgehead atoms. The second-order valence-corrected chi connectivity index (χ2v) is 7.59. The predicted octanol–water partition coefficient (Wildman–Crippen LogP) is 2.73. The first-order chi connectivity index (χ1) is 13.0. The van der Waals surface area contributed by atoms with Crippen molar-refractivity contribution in [1.82, 2.24) is 14.7 Å². The van der Waals surface area contributed by atoms with Gasteiger partial charge in [0.1, 0.15) is 17.4 Å². The van der Waals surface area contributed by atoms with E-state index in [0.717, 1.165) is 25.7 Å². The van der Waals surface area contributed by atoms with Crippen LogP contribution in [0.25, 0.3) is 10.9 Å². The Morgan fingerprint density at radius 3 is 2.67 bits per heavy atom. The summed E-state index contributed by atoms with van der Waals surface area (Å²) in [5.41, 5.74) is -0.691. The highest BCUT2D eigenvalue weighted by Gasteiger charge is 2.40. The maximum absolute atomic E-state index is 14.3. The van der Waals surface area contributed by atoms with Gasteiger partial charge in [-0.2, -0.15) is 5.10 Å². The highest BCUT2D eigenvalue weighted by atomic mass is 19.1. The number of nitrogens with zero attached hydrogens (tertiary/aromatic N) is 3. The molecule has 0 N–H and O–H groups in total. The zero-order valence-corrected chi connectivity index (χ0v) is 15.7. The summed E-state index contributed by atoms with van der Waals surface area (Å²) < 4.78 is 21.3. The molecule has 1 aromatic carbocycles. The first-order valence-electron chi connectivity index (χ1n) is 9.61. The molecule has 2 atom stereocenters. The van der Waals surface area contributed by atoms with E-state index in [4.69, 9.17) is 4.74 Å².